The van der Waals surface area contributed by atoms with Crippen LogP contribution in [0.2, 0.25) is 0 Å². The van der Waals surface area contributed by atoms with Crippen LogP contribution in [0.3, 0.4) is 0 Å². The lowest BCUT2D eigenvalue weighted by atomic mass is 10.2. The molecule has 0 saturated heterocycles. The van der Waals surface area contributed by atoms with Gasteiger partial charge in [0.25, 0.3) is 0 Å². The summed E-state index contributed by atoms with van der Waals surface area (Å²) in [6, 6.07) is 7.81. The van der Waals surface area contributed by atoms with Gasteiger partial charge in [-0.1, -0.05) is 18.2 Å². The van der Waals surface area contributed by atoms with E-state index in [9.17, 15) is 0 Å². The Morgan fingerprint density at radius 1 is 1.40 bits per heavy atom. The summed E-state index contributed by atoms with van der Waals surface area (Å²) in [5.74, 6) is 0. The van der Waals surface area contributed by atoms with E-state index in [2.05, 4.69) is 5.32 Å². The average Bonchev–Trinajstić information content (AvgIpc) is 2.27. The Kier molecular flexibility index (Phi) is 1.14. The van der Waals surface area contributed by atoms with Crippen molar-refractivity contribution in [1.82, 2.24) is 5.32 Å². The minimum absolute atomic E-state index is 0.502. The highest BCUT2D eigenvalue weighted by Crippen LogP contribution is 2.23. The van der Waals surface area contributed by atoms with E-state index in [-0.39, 0.29) is 0 Å². The Bertz CT molecular complexity index is 222. The van der Waals surface area contributed by atoms with E-state index in [1.807, 2.05) is 24.3 Å². The molecule has 0 aliphatic carbocycles. The van der Waals surface area contributed by atoms with Crippen LogP contribution in [0, 0.1) is 0 Å². The molecule has 0 fully saturated rings. The molecule has 0 spiro atoms. The summed E-state index contributed by atoms with van der Waals surface area (Å²) in [5, 5.41) is 13.1. The predicted molar refractivity (Wildman–Crippen MR) is 37.9 cm³/mol. The van der Waals surface area contributed by atoms with Gasteiger partial charge in [-0.15, -0.1) is 0 Å². The summed E-state index contributed by atoms with van der Waals surface area (Å²) in [4.78, 5) is 0. The average molecular weight is 134 g/mol. The summed E-state index contributed by atoms with van der Waals surface area (Å²) >= 11 is 0. The number of hydrogen-bond donors (Lipinski definition) is 1. The van der Waals surface area contributed by atoms with Gasteiger partial charge in [0.2, 0.25) is 0 Å². The smallest absolute Gasteiger partial charge is 0.149 e. The van der Waals surface area contributed by atoms with Gasteiger partial charge in [0.1, 0.15) is 6.23 Å². The number of aliphatic hydroxyl groups excluding tert-OH is 1. The molecule has 0 bridgehead atoms. The van der Waals surface area contributed by atoms with E-state index >= 15 is 0 Å². The van der Waals surface area contributed by atoms with E-state index in [0.717, 1.165) is 11.3 Å². The fourth-order valence-electron chi connectivity index (χ4n) is 1.21. The number of nitrogens with zero attached hydrogens (tertiary/aromatic N) is 1. The largest absolute Gasteiger partial charge is 0.371 e. The molecule has 10 heavy (non-hydrogen) atoms. The summed E-state index contributed by atoms with van der Waals surface area (Å²) in [5.41, 5.74) is 2.09. The van der Waals surface area contributed by atoms with Crippen LogP contribution < -0.4 is 5.32 Å². The van der Waals surface area contributed by atoms with Crippen LogP contribution >= 0.6 is 0 Å². The third kappa shape index (κ3) is 0.772. The van der Waals surface area contributed by atoms with Crippen LogP contribution in [0.4, 0.5) is 5.69 Å². The van der Waals surface area contributed by atoms with Gasteiger partial charge in [-0.3, -0.25) is 5.32 Å². The van der Waals surface area contributed by atoms with Gasteiger partial charge in [0.15, 0.2) is 0 Å². The fourth-order valence-corrected chi connectivity index (χ4v) is 1.21. The molecular formula is C8H8NO. The van der Waals surface area contributed by atoms with Gasteiger partial charge in [-0.05, 0) is 11.6 Å². The van der Waals surface area contributed by atoms with E-state index < -0.39 is 6.23 Å². The van der Waals surface area contributed by atoms with Crippen LogP contribution in [0.1, 0.15) is 5.56 Å². The standard InChI is InChI=1S/C8H8NO/c10-8-5-6-3-1-2-4-7(6)9-8/h1-4,8,10H,5H2. The first-order valence-electron chi connectivity index (χ1n) is 3.33. The highest BCUT2D eigenvalue weighted by Gasteiger charge is 2.18. The van der Waals surface area contributed by atoms with Gasteiger partial charge in [0, 0.05) is 6.42 Å². The molecule has 2 heteroatoms. The number of hydrogen-bond acceptors (Lipinski definition) is 1. The molecule has 1 aliphatic rings. The van der Waals surface area contributed by atoms with E-state index in [0.29, 0.717) is 6.42 Å². The van der Waals surface area contributed by atoms with E-state index in [1.165, 1.54) is 0 Å². The maximum absolute atomic E-state index is 9.08. The first-order chi connectivity index (χ1) is 4.86. The molecule has 51 valence electrons. The first-order valence-corrected chi connectivity index (χ1v) is 3.33. The molecule has 1 N–H and O–H groups in total. The van der Waals surface area contributed by atoms with Crippen molar-refractivity contribution in [2.75, 3.05) is 0 Å². The van der Waals surface area contributed by atoms with Crippen molar-refractivity contribution >= 4 is 5.69 Å². The number of rotatable bonds is 0. The zero-order chi connectivity index (χ0) is 6.97. The molecule has 1 aromatic carbocycles. The molecule has 1 heterocycles. The van der Waals surface area contributed by atoms with Crippen molar-refractivity contribution in [2.24, 2.45) is 0 Å². The second kappa shape index (κ2) is 1.99. The highest BCUT2D eigenvalue weighted by atomic mass is 16.3. The molecule has 1 atom stereocenters. The predicted octanol–water partition coefficient (Wildman–Crippen LogP) is 0.797. The minimum atomic E-state index is -0.502. The third-order valence-electron chi connectivity index (χ3n) is 1.68. The molecule has 1 radical (unpaired) electrons. The number of fused-ring (bicyclic) bond motifs is 1. The van der Waals surface area contributed by atoms with Crippen LogP contribution in [0.5, 0.6) is 0 Å². The second-order valence-corrected chi connectivity index (χ2v) is 2.44. The van der Waals surface area contributed by atoms with Crippen LogP contribution in [-0.4, -0.2) is 11.3 Å². The van der Waals surface area contributed by atoms with Crippen molar-refractivity contribution in [3.63, 3.8) is 0 Å². The van der Waals surface area contributed by atoms with Crippen LogP contribution in [-0.2, 0) is 6.42 Å². The lowest BCUT2D eigenvalue weighted by Gasteiger charge is -1.95. The van der Waals surface area contributed by atoms with Gasteiger partial charge >= 0.3 is 0 Å². The Hall–Kier alpha value is -1.02. The van der Waals surface area contributed by atoms with Gasteiger partial charge in [-0.2, -0.15) is 0 Å². The van der Waals surface area contributed by atoms with Crippen LogP contribution in [0.15, 0.2) is 24.3 Å². The summed E-state index contributed by atoms with van der Waals surface area (Å²) in [6.07, 6.45) is 0.174. The minimum Gasteiger partial charge on any atom is -0.371 e. The summed E-state index contributed by atoms with van der Waals surface area (Å²) in [6.45, 7) is 0. The molecule has 1 aromatic rings. The molecular weight excluding hydrogens is 126 g/mol. The van der Waals surface area contributed by atoms with Crippen molar-refractivity contribution in [3.8, 4) is 0 Å². The third-order valence-corrected chi connectivity index (χ3v) is 1.68. The SMILES string of the molecule is OC1Cc2ccccc2[N]1. The second-order valence-electron chi connectivity index (χ2n) is 2.44. The fraction of sp³-hybridized carbons (Fsp3) is 0.250. The molecule has 0 amide bonds. The summed E-state index contributed by atoms with van der Waals surface area (Å²) in [7, 11) is 0. The maximum atomic E-state index is 9.08. The zero-order valence-corrected chi connectivity index (χ0v) is 5.49. The lowest BCUT2D eigenvalue weighted by Crippen LogP contribution is -2.11. The molecule has 0 saturated carbocycles. The first kappa shape index (κ1) is 5.74. The topological polar surface area (TPSA) is 34.3 Å². The molecule has 1 aliphatic heterocycles. The zero-order valence-electron chi connectivity index (χ0n) is 5.49. The molecule has 2 nitrogen and oxygen atoms in total. The molecule has 1 unspecified atom stereocenters. The van der Waals surface area contributed by atoms with Crippen molar-refractivity contribution in [1.29, 1.82) is 0 Å². The monoisotopic (exact) mass is 134 g/mol. The van der Waals surface area contributed by atoms with Crippen molar-refractivity contribution in [3.05, 3.63) is 29.8 Å². The number of para-hydroxylation sites is 1. The van der Waals surface area contributed by atoms with Gasteiger partial charge in [0.05, 0.1) is 5.69 Å². The number of benzene rings is 1. The molecule has 2 rings (SSSR count). The van der Waals surface area contributed by atoms with E-state index in [4.69, 9.17) is 5.11 Å². The Balaban J connectivity index is 2.42. The van der Waals surface area contributed by atoms with Crippen molar-refractivity contribution < 1.29 is 5.11 Å². The highest BCUT2D eigenvalue weighted by molar-refractivity contribution is 5.48. The van der Waals surface area contributed by atoms with Crippen LogP contribution in [0.25, 0.3) is 0 Å². The van der Waals surface area contributed by atoms with Gasteiger partial charge < -0.3 is 5.11 Å². The van der Waals surface area contributed by atoms with Crippen molar-refractivity contribution in [2.45, 2.75) is 12.6 Å². The maximum Gasteiger partial charge on any atom is 0.149 e. The number of aliphatic hydroxyl groups is 1. The van der Waals surface area contributed by atoms with Gasteiger partial charge in [-0.25, -0.2) is 0 Å². The Morgan fingerprint density at radius 2 is 2.20 bits per heavy atom. The van der Waals surface area contributed by atoms with E-state index in [1.54, 1.807) is 0 Å². The Labute approximate surface area is 59.5 Å². The molecule has 0 aromatic heterocycles. The summed E-state index contributed by atoms with van der Waals surface area (Å²) < 4.78 is 0. The Morgan fingerprint density at radius 3 is 3.00 bits per heavy atom. The lowest BCUT2D eigenvalue weighted by molar-refractivity contribution is 0.164. The normalized spacial score (nSPS) is 21.9. The quantitative estimate of drug-likeness (QED) is 0.559.